The first-order valence-electron chi connectivity index (χ1n) is 13.3. The number of carbonyl (C=O) groups excluding carboxylic acids is 1. The number of unbranched alkanes of at least 4 members (excludes halogenated alkanes) is 1. The van der Waals surface area contributed by atoms with E-state index < -0.39 is 10.0 Å². The number of methoxy groups -OCH3 is 1. The van der Waals surface area contributed by atoms with Gasteiger partial charge in [0.1, 0.15) is 11.4 Å². The van der Waals surface area contributed by atoms with Crippen LogP contribution in [0.25, 0.3) is 0 Å². The van der Waals surface area contributed by atoms with Gasteiger partial charge in [-0.05, 0) is 74.8 Å². The minimum Gasteiger partial charge on any atom is -0.497 e. The molecule has 0 bridgehead atoms. The van der Waals surface area contributed by atoms with Crippen molar-refractivity contribution in [2.75, 3.05) is 19.4 Å². The number of aryl methyl sites for hydroxylation is 1. The van der Waals surface area contributed by atoms with Gasteiger partial charge in [0.15, 0.2) is 5.84 Å². The lowest BCUT2D eigenvalue weighted by molar-refractivity contribution is 0.0945. The number of benzene rings is 1. The minimum atomic E-state index is -3.23. The van der Waals surface area contributed by atoms with E-state index in [-0.39, 0.29) is 35.1 Å². The van der Waals surface area contributed by atoms with E-state index in [1.54, 1.807) is 26.2 Å². The predicted molar refractivity (Wildman–Crippen MR) is 152 cm³/mol. The SMILES string of the molecule is CCCCS(=O)(=O)NC1CCC(CN(N)/N=C(\N)c2cc(C)nc(C(=O)NCc3cccc(OC)c3)c2)CC1. The Morgan fingerprint density at radius 2 is 1.95 bits per heavy atom. The Morgan fingerprint density at radius 1 is 1.21 bits per heavy atom. The second-order valence-electron chi connectivity index (χ2n) is 10.0. The van der Waals surface area contributed by atoms with Crippen LogP contribution in [0.4, 0.5) is 0 Å². The van der Waals surface area contributed by atoms with Crippen LogP contribution >= 0.6 is 0 Å². The molecule has 0 spiro atoms. The molecule has 3 rings (SSSR count). The molecule has 0 saturated heterocycles. The van der Waals surface area contributed by atoms with Crippen molar-refractivity contribution >= 4 is 21.8 Å². The van der Waals surface area contributed by atoms with Crippen LogP contribution in [0.3, 0.4) is 0 Å². The first-order valence-corrected chi connectivity index (χ1v) is 15.0. The Bertz CT molecular complexity index is 1240. The van der Waals surface area contributed by atoms with Crippen LogP contribution in [0.15, 0.2) is 41.5 Å². The zero-order valence-electron chi connectivity index (χ0n) is 23.0. The van der Waals surface area contributed by atoms with Crippen LogP contribution in [0, 0.1) is 12.8 Å². The second kappa shape index (κ2) is 14.2. The van der Waals surface area contributed by atoms with Crippen molar-refractivity contribution in [2.24, 2.45) is 22.6 Å². The fraction of sp³-hybridized carbons (Fsp3) is 0.519. The number of carbonyl (C=O) groups is 1. The van der Waals surface area contributed by atoms with Gasteiger partial charge in [0.25, 0.3) is 5.91 Å². The molecule has 6 N–H and O–H groups in total. The summed E-state index contributed by atoms with van der Waals surface area (Å²) in [5.41, 5.74) is 8.55. The first kappa shape index (κ1) is 30.3. The van der Waals surface area contributed by atoms with E-state index in [9.17, 15) is 13.2 Å². The molecule has 11 nitrogen and oxygen atoms in total. The Morgan fingerprint density at radius 3 is 2.64 bits per heavy atom. The number of amidine groups is 1. The third-order valence-corrected chi connectivity index (χ3v) is 8.23. The topological polar surface area (TPSA) is 165 Å². The van der Waals surface area contributed by atoms with Gasteiger partial charge in [0.05, 0.1) is 19.4 Å². The molecule has 1 fully saturated rings. The standard InChI is InChI=1S/C27H41N7O4S/c1-4-5-13-39(36,37)33-23-11-9-20(10-12-23)18-34(29)32-26(28)22-14-19(2)31-25(16-22)27(35)30-17-21-7-6-8-24(15-21)38-3/h6-8,14-16,20,23,33H,4-5,9-13,17-18,29H2,1-3H3,(H2,28,32)(H,30,35). The summed E-state index contributed by atoms with van der Waals surface area (Å²) < 4.78 is 32.4. The number of aromatic nitrogens is 1. The third-order valence-electron chi connectivity index (χ3n) is 6.71. The first-order chi connectivity index (χ1) is 18.6. The molecule has 1 aliphatic rings. The zero-order valence-corrected chi connectivity index (χ0v) is 23.8. The van der Waals surface area contributed by atoms with Crippen molar-refractivity contribution in [3.8, 4) is 5.75 Å². The molecule has 214 valence electrons. The highest BCUT2D eigenvalue weighted by molar-refractivity contribution is 7.89. The summed E-state index contributed by atoms with van der Waals surface area (Å²) in [6.45, 7) is 4.58. The van der Waals surface area contributed by atoms with Crippen LogP contribution in [0.2, 0.25) is 0 Å². The smallest absolute Gasteiger partial charge is 0.270 e. The molecule has 1 amide bonds. The number of hydrogen-bond donors (Lipinski definition) is 4. The molecule has 0 atom stereocenters. The molecule has 1 aromatic carbocycles. The van der Waals surface area contributed by atoms with Crippen molar-refractivity contribution < 1.29 is 17.9 Å². The number of sulfonamides is 1. The minimum absolute atomic E-state index is 0.0313. The van der Waals surface area contributed by atoms with E-state index in [0.717, 1.165) is 37.7 Å². The number of nitrogens with one attached hydrogen (secondary N) is 2. The van der Waals surface area contributed by atoms with Gasteiger partial charge in [-0.25, -0.2) is 29.1 Å². The summed E-state index contributed by atoms with van der Waals surface area (Å²) in [6, 6.07) is 10.8. The highest BCUT2D eigenvalue weighted by Crippen LogP contribution is 2.25. The van der Waals surface area contributed by atoms with Crippen molar-refractivity contribution in [3.05, 3.63) is 58.9 Å². The lowest BCUT2D eigenvalue weighted by atomic mass is 9.86. The van der Waals surface area contributed by atoms with Crippen molar-refractivity contribution in [3.63, 3.8) is 0 Å². The maximum absolute atomic E-state index is 12.8. The Kier molecular flexibility index (Phi) is 11.1. The molecule has 39 heavy (non-hydrogen) atoms. The molecule has 2 aromatic rings. The number of pyridine rings is 1. The summed E-state index contributed by atoms with van der Waals surface area (Å²) in [5, 5.41) is 8.52. The maximum atomic E-state index is 12.8. The summed E-state index contributed by atoms with van der Waals surface area (Å²) in [5.74, 6) is 7.17. The third kappa shape index (κ3) is 9.79. The number of nitrogens with zero attached hydrogens (tertiary/aromatic N) is 3. The predicted octanol–water partition coefficient (Wildman–Crippen LogP) is 2.40. The van der Waals surface area contributed by atoms with E-state index in [0.29, 0.717) is 36.5 Å². The van der Waals surface area contributed by atoms with E-state index in [1.165, 1.54) is 5.12 Å². The van der Waals surface area contributed by atoms with Crippen LogP contribution in [-0.2, 0) is 16.6 Å². The van der Waals surface area contributed by atoms with E-state index in [2.05, 4.69) is 20.1 Å². The lowest BCUT2D eigenvalue weighted by Gasteiger charge is -2.30. The molecule has 0 radical (unpaired) electrons. The van der Waals surface area contributed by atoms with Crippen molar-refractivity contribution in [2.45, 2.75) is 65.0 Å². The van der Waals surface area contributed by atoms with Gasteiger partial charge in [-0.3, -0.25) is 4.79 Å². The molecule has 1 heterocycles. The molecular weight excluding hydrogens is 518 g/mol. The highest BCUT2D eigenvalue weighted by atomic mass is 32.2. The average molecular weight is 560 g/mol. The number of rotatable bonds is 13. The van der Waals surface area contributed by atoms with E-state index in [1.807, 2.05) is 31.2 Å². The van der Waals surface area contributed by atoms with E-state index in [4.69, 9.17) is 16.3 Å². The summed E-state index contributed by atoms with van der Waals surface area (Å²) in [7, 11) is -1.63. The maximum Gasteiger partial charge on any atom is 0.270 e. The van der Waals surface area contributed by atoms with Crippen LogP contribution < -0.4 is 26.4 Å². The molecular formula is C27H41N7O4S. The Labute approximate surface area is 231 Å². The van der Waals surface area contributed by atoms with Gasteiger partial charge in [-0.15, -0.1) is 5.10 Å². The van der Waals surface area contributed by atoms with Gasteiger partial charge >= 0.3 is 0 Å². The molecule has 0 unspecified atom stereocenters. The largest absolute Gasteiger partial charge is 0.497 e. The number of hydrogen-bond acceptors (Lipinski definition) is 8. The van der Waals surface area contributed by atoms with Gasteiger partial charge in [0, 0.05) is 23.8 Å². The molecule has 0 aliphatic heterocycles. The fourth-order valence-corrected chi connectivity index (χ4v) is 6.13. The fourth-order valence-electron chi connectivity index (χ4n) is 4.60. The molecule has 1 saturated carbocycles. The van der Waals surface area contributed by atoms with Crippen molar-refractivity contribution in [1.82, 2.24) is 20.1 Å². The molecule has 1 aromatic heterocycles. The van der Waals surface area contributed by atoms with Crippen LogP contribution in [0.5, 0.6) is 5.75 Å². The lowest BCUT2D eigenvalue weighted by Crippen LogP contribution is -2.41. The van der Waals surface area contributed by atoms with Crippen LogP contribution in [-0.4, -0.2) is 55.7 Å². The number of hydrazine groups is 1. The van der Waals surface area contributed by atoms with Gasteiger partial charge < -0.3 is 15.8 Å². The number of ether oxygens (including phenoxy) is 1. The summed E-state index contributed by atoms with van der Waals surface area (Å²) in [4.78, 5) is 17.1. The number of amides is 1. The monoisotopic (exact) mass is 559 g/mol. The summed E-state index contributed by atoms with van der Waals surface area (Å²) in [6.07, 6.45) is 4.73. The van der Waals surface area contributed by atoms with Gasteiger partial charge in [-0.2, -0.15) is 0 Å². The van der Waals surface area contributed by atoms with Crippen LogP contribution in [0.1, 0.15) is 72.8 Å². The van der Waals surface area contributed by atoms with E-state index >= 15 is 0 Å². The van der Waals surface area contributed by atoms with Gasteiger partial charge in [0.2, 0.25) is 10.0 Å². The second-order valence-corrected chi connectivity index (χ2v) is 11.9. The Balaban J connectivity index is 1.54. The normalized spacial score (nSPS) is 18.0. The zero-order chi connectivity index (χ0) is 28.4. The number of hydrazone groups is 1. The Hall–Kier alpha value is -3.22. The number of nitrogens with two attached hydrogens (primary N) is 2. The molecule has 1 aliphatic carbocycles. The van der Waals surface area contributed by atoms with Gasteiger partial charge in [-0.1, -0.05) is 25.5 Å². The quantitative estimate of drug-likeness (QED) is 0.126. The van der Waals surface area contributed by atoms with Crippen molar-refractivity contribution in [1.29, 1.82) is 0 Å². The highest BCUT2D eigenvalue weighted by Gasteiger charge is 2.25. The average Bonchev–Trinajstić information content (AvgIpc) is 2.91. The molecule has 12 heteroatoms. The summed E-state index contributed by atoms with van der Waals surface area (Å²) >= 11 is 0.